The molecule has 0 aliphatic rings. The first-order valence-corrected chi connectivity index (χ1v) is 9.83. The molecule has 1 aromatic rings. The highest BCUT2D eigenvalue weighted by molar-refractivity contribution is 5.79. The van der Waals surface area contributed by atoms with Gasteiger partial charge in [0.25, 0.3) is 0 Å². The molecule has 2 heteroatoms. The molecule has 136 valence electrons. The fourth-order valence-corrected chi connectivity index (χ4v) is 2.57. The molecule has 0 spiro atoms. The van der Waals surface area contributed by atoms with Crippen molar-refractivity contribution in [2.75, 3.05) is 0 Å². The lowest BCUT2D eigenvalue weighted by atomic mass is 10.1. The summed E-state index contributed by atoms with van der Waals surface area (Å²) in [4.78, 5) is 11.8. The molecular formula is C23H34NO+. The SMILES string of the molecule is CCCCC/C=C/CCCCCC/C=C/C=C/C(=O)[n+]1ccccc1. The zero-order valence-corrected chi connectivity index (χ0v) is 15.8. The number of hydrogen-bond acceptors (Lipinski definition) is 1. The first-order chi connectivity index (χ1) is 12.3. The Balaban J connectivity index is 1.96. The van der Waals surface area contributed by atoms with Crippen LogP contribution in [0, 0.1) is 0 Å². The Morgan fingerprint density at radius 2 is 1.36 bits per heavy atom. The van der Waals surface area contributed by atoms with Crippen molar-refractivity contribution in [3.63, 3.8) is 0 Å². The van der Waals surface area contributed by atoms with Gasteiger partial charge in [-0.1, -0.05) is 69.1 Å². The van der Waals surface area contributed by atoms with Crippen LogP contribution >= 0.6 is 0 Å². The van der Waals surface area contributed by atoms with Crippen molar-refractivity contribution in [1.29, 1.82) is 0 Å². The Hall–Kier alpha value is -1.96. The van der Waals surface area contributed by atoms with Gasteiger partial charge in [-0.2, -0.15) is 0 Å². The van der Waals surface area contributed by atoms with Crippen molar-refractivity contribution in [3.05, 3.63) is 67.0 Å². The molecule has 0 aromatic carbocycles. The van der Waals surface area contributed by atoms with E-state index in [-0.39, 0.29) is 5.91 Å². The molecule has 0 radical (unpaired) electrons. The van der Waals surface area contributed by atoms with Crippen molar-refractivity contribution in [1.82, 2.24) is 0 Å². The summed E-state index contributed by atoms with van der Waals surface area (Å²) in [7, 11) is 0. The minimum Gasteiger partial charge on any atom is -0.214 e. The van der Waals surface area contributed by atoms with Gasteiger partial charge in [0.1, 0.15) is 0 Å². The number of allylic oxidation sites excluding steroid dienone is 6. The van der Waals surface area contributed by atoms with E-state index in [1.54, 1.807) is 23.0 Å². The average Bonchev–Trinajstić information content (AvgIpc) is 2.65. The molecule has 0 saturated heterocycles. The van der Waals surface area contributed by atoms with Crippen LogP contribution in [0.2, 0.25) is 0 Å². The van der Waals surface area contributed by atoms with Crippen molar-refractivity contribution in [2.45, 2.75) is 71.1 Å². The number of nitrogens with zero attached hydrogens (tertiary/aromatic N) is 1. The van der Waals surface area contributed by atoms with E-state index in [0.717, 1.165) is 6.42 Å². The van der Waals surface area contributed by atoms with Gasteiger partial charge in [0.05, 0.1) is 6.08 Å². The third-order valence-corrected chi connectivity index (χ3v) is 4.09. The van der Waals surface area contributed by atoms with Gasteiger partial charge in [0.15, 0.2) is 12.4 Å². The first-order valence-electron chi connectivity index (χ1n) is 9.83. The van der Waals surface area contributed by atoms with Gasteiger partial charge in [-0.25, -0.2) is 4.79 Å². The van der Waals surface area contributed by atoms with Gasteiger partial charge >= 0.3 is 5.91 Å². The Kier molecular flexibility index (Phi) is 13.1. The molecule has 0 aliphatic heterocycles. The maximum atomic E-state index is 11.8. The van der Waals surface area contributed by atoms with Crippen LogP contribution in [0.25, 0.3) is 0 Å². The van der Waals surface area contributed by atoms with E-state index in [0.29, 0.717) is 0 Å². The standard InChI is InChI=1S/C23H34NO/c1-2-3-4-5-6-7-8-9-10-11-12-13-14-15-17-20-23(25)24-21-18-16-19-22-24/h6-7,14-22H,2-5,8-13H2,1H3/q+1/b7-6+,15-14+,20-17+. The van der Waals surface area contributed by atoms with Gasteiger partial charge in [0, 0.05) is 12.1 Å². The summed E-state index contributed by atoms with van der Waals surface area (Å²) >= 11 is 0. The number of hydrogen-bond donors (Lipinski definition) is 0. The molecular weight excluding hydrogens is 306 g/mol. The highest BCUT2D eigenvalue weighted by Crippen LogP contribution is 2.07. The molecule has 0 fully saturated rings. The molecule has 0 aliphatic carbocycles. The lowest BCUT2D eigenvalue weighted by Gasteiger charge is -1.97. The van der Waals surface area contributed by atoms with Gasteiger partial charge in [-0.3, -0.25) is 0 Å². The number of carbonyl (C=O) groups excluding carboxylic acids is 1. The second kappa shape index (κ2) is 15.6. The van der Waals surface area contributed by atoms with Crippen LogP contribution in [-0.4, -0.2) is 5.91 Å². The molecule has 0 amide bonds. The normalized spacial score (nSPS) is 11.9. The largest absolute Gasteiger partial charge is 0.417 e. The first kappa shape index (κ1) is 21.1. The monoisotopic (exact) mass is 340 g/mol. The predicted octanol–water partition coefficient (Wildman–Crippen LogP) is 6.20. The molecule has 2 nitrogen and oxygen atoms in total. The van der Waals surface area contributed by atoms with Crippen molar-refractivity contribution >= 4 is 5.91 Å². The summed E-state index contributed by atoms with van der Waals surface area (Å²) in [6.07, 6.45) is 28.4. The van der Waals surface area contributed by atoms with E-state index in [9.17, 15) is 4.79 Å². The second-order valence-electron chi connectivity index (χ2n) is 6.37. The Morgan fingerprint density at radius 3 is 2.00 bits per heavy atom. The van der Waals surface area contributed by atoms with Gasteiger partial charge in [-0.05, 0) is 38.5 Å². The minimum atomic E-state index is -0.0204. The minimum absolute atomic E-state index is 0.0204. The fourth-order valence-electron chi connectivity index (χ4n) is 2.57. The van der Waals surface area contributed by atoms with Crippen molar-refractivity contribution < 1.29 is 9.36 Å². The molecule has 1 rings (SSSR count). The summed E-state index contributed by atoms with van der Waals surface area (Å²) in [5.74, 6) is -0.0204. The van der Waals surface area contributed by atoms with Crippen LogP contribution in [0.3, 0.4) is 0 Å². The van der Waals surface area contributed by atoms with E-state index in [1.165, 1.54) is 57.8 Å². The van der Waals surface area contributed by atoms with E-state index < -0.39 is 0 Å². The third kappa shape index (κ3) is 12.1. The molecule has 1 heterocycles. The average molecular weight is 341 g/mol. The maximum absolute atomic E-state index is 11.8. The maximum Gasteiger partial charge on any atom is 0.417 e. The molecule has 25 heavy (non-hydrogen) atoms. The number of carbonyl (C=O) groups is 1. The summed E-state index contributed by atoms with van der Waals surface area (Å²) in [6.45, 7) is 2.25. The lowest BCUT2D eigenvalue weighted by Crippen LogP contribution is -2.39. The van der Waals surface area contributed by atoms with Crippen LogP contribution < -0.4 is 4.57 Å². The Bertz CT molecular complexity index is 528. The summed E-state index contributed by atoms with van der Waals surface area (Å²) in [6, 6.07) is 5.60. The van der Waals surface area contributed by atoms with Gasteiger partial charge in [-0.15, -0.1) is 4.57 Å². The summed E-state index contributed by atoms with van der Waals surface area (Å²) < 4.78 is 1.57. The molecule has 0 saturated carbocycles. The predicted molar refractivity (Wildman–Crippen MR) is 107 cm³/mol. The van der Waals surface area contributed by atoms with Crippen LogP contribution in [0.4, 0.5) is 0 Å². The van der Waals surface area contributed by atoms with Gasteiger partial charge < -0.3 is 0 Å². The van der Waals surface area contributed by atoms with Crippen LogP contribution in [0.15, 0.2) is 67.0 Å². The zero-order valence-electron chi connectivity index (χ0n) is 15.8. The summed E-state index contributed by atoms with van der Waals surface area (Å²) in [5.41, 5.74) is 0. The molecule has 0 N–H and O–H groups in total. The van der Waals surface area contributed by atoms with E-state index in [1.807, 2.05) is 30.4 Å². The topological polar surface area (TPSA) is 20.9 Å². The zero-order chi connectivity index (χ0) is 18.0. The lowest BCUT2D eigenvalue weighted by molar-refractivity contribution is -0.570. The van der Waals surface area contributed by atoms with Crippen molar-refractivity contribution in [3.8, 4) is 0 Å². The second-order valence-corrected chi connectivity index (χ2v) is 6.37. The number of rotatable bonds is 13. The number of unbranched alkanes of at least 4 members (excludes halogenated alkanes) is 8. The van der Waals surface area contributed by atoms with Crippen LogP contribution in [0.5, 0.6) is 0 Å². The quantitative estimate of drug-likeness (QED) is 0.138. The smallest absolute Gasteiger partial charge is 0.214 e. The van der Waals surface area contributed by atoms with Crippen LogP contribution in [0.1, 0.15) is 75.9 Å². The highest BCUT2D eigenvalue weighted by atomic mass is 16.1. The molecule has 0 unspecified atom stereocenters. The fraction of sp³-hybridized carbons (Fsp3) is 0.478. The molecule has 0 atom stereocenters. The van der Waals surface area contributed by atoms with E-state index in [2.05, 4.69) is 25.2 Å². The molecule has 1 aromatic heterocycles. The summed E-state index contributed by atoms with van der Waals surface area (Å²) in [5, 5.41) is 0. The van der Waals surface area contributed by atoms with Gasteiger partial charge in [0.2, 0.25) is 0 Å². The number of aromatic nitrogens is 1. The third-order valence-electron chi connectivity index (χ3n) is 4.09. The van der Waals surface area contributed by atoms with E-state index in [4.69, 9.17) is 0 Å². The Morgan fingerprint density at radius 1 is 0.760 bits per heavy atom. The molecule has 0 bridgehead atoms. The Labute approximate surface area is 154 Å². The van der Waals surface area contributed by atoms with Crippen LogP contribution in [-0.2, 0) is 0 Å². The highest BCUT2D eigenvalue weighted by Gasteiger charge is 2.06. The van der Waals surface area contributed by atoms with Crippen molar-refractivity contribution in [2.24, 2.45) is 0 Å². The number of pyridine rings is 1. The van der Waals surface area contributed by atoms with E-state index >= 15 is 0 Å².